The Bertz CT molecular complexity index is 1120. The Kier molecular flexibility index (Phi) is 8.02. The number of carbonyl (C=O) groups is 1. The van der Waals surface area contributed by atoms with Crippen LogP contribution >= 0.6 is 0 Å². The molecule has 0 aliphatic carbocycles. The van der Waals surface area contributed by atoms with Crippen molar-refractivity contribution in [2.24, 2.45) is 0 Å². The fourth-order valence-electron chi connectivity index (χ4n) is 5.33. The zero-order valence-electron chi connectivity index (χ0n) is 20.9. The maximum atomic E-state index is 12.0. The Morgan fingerprint density at radius 2 is 1.57 bits per heavy atom. The summed E-state index contributed by atoms with van der Waals surface area (Å²) >= 11 is 0. The number of rotatable bonds is 6. The van der Waals surface area contributed by atoms with Crippen LogP contribution in [0.25, 0.3) is 11.1 Å². The van der Waals surface area contributed by atoms with Crippen molar-refractivity contribution in [2.45, 2.75) is 49.5 Å². The summed E-state index contributed by atoms with van der Waals surface area (Å²) in [7, 11) is -1.50. The second-order valence-electron chi connectivity index (χ2n) is 9.48. The first kappa shape index (κ1) is 25.5. The van der Waals surface area contributed by atoms with E-state index in [4.69, 9.17) is 9.47 Å². The van der Waals surface area contributed by atoms with Gasteiger partial charge in [0.15, 0.2) is 9.84 Å². The molecule has 0 radical (unpaired) electrons. The topological polar surface area (TPSA) is 76.2 Å². The largest absolute Gasteiger partial charge is 0.496 e. The predicted octanol–water partition coefficient (Wildman–Crippen LogP) is 4.57. The maximum absolute atomic E-state index is 12.0. The van der Waals surface area contributed by atoms with Crippen LogP contribution in [0.3, 0.4) is 0 Å². The van der Waals surface area contributed by atoms with Crippen LogP contribution < -0.4 is 4.74 Å². The number of benzene rings is 2. The minimum atomic E-state index is -3.21. The van der Waals surface area contributed by atoms with Gasteiger partial charge in [-0.15, -0.1) is 0 Å². The fourth-order valence-corrected chi connectivity index (χ4v) is 5.96. The number of ether oxygens (including phenoxy) is 2. The third-order valence-electron chi connectivity index (χ3n) is 7.32. The van der Waals surface area contributed by atoms with E-state index in [1.54, 1.807) is 19.2 Å². The number of carbonyl (C=O) groups excluding carboxylic acids is 1. The lowest BCUT2D eigenvalue weighted by atomic mass is 9.86. The number of hydrogen-bond donors (Lipinski definition) is 0. The number of likely N-dealkylation sites (tertiary alicyclic amines) is 2. The second-order valence-corrected chi connectivity index (χ2v) is 11.5. The van der Waals surface area contributed by atoms with Gasteiger partial charge in [0.25, 0.3) is 0 Å². The molecule has 0 saturated carbocycles. The molecule has 2 fully saturated rings. The molecule has 0 spiro atoms. The van der Waals surface area contributed by atoms with E-state index in [1.807, 2.05) is 36.1 Å². The van der Waals surface area contributed by atoms with Gasteiger partial charge in [0.1, 0.15) is 5.75 Å². The van der Waals surface area contributed by atoms with Crippen LogP contribution in [0.1, 0.15) is 44.1 Å². The van der Waals surface area contributed by atoms with Crippen molar-refractivity contribution in [1.82, 2.24) is 9.80 Å². The minimum Gasteiger partial charge on any atom is -0.496 e. The molecular weight excluding hydrogens is 464 g/mol. The summed E-state index contributed by atoms with van der Waals surface area (Å²) in [6.07, 6.45) is 5.14. The lowest BCUT2D eigenvalue weighted by molar-refractivity contribution is 0.0662. The van der Waals surface area contributed by atoms with E-state index in [9.17, 15) is 13.2 Å². The van der Waals surface area contributed by atoms with Crippen LogP contribution in [0.2, 0.25) is 0 Å². The zero-order valence-corrected chi connectivity index (χ0v) is 21.7. The molecule has 0 unspecified atom stereocenters. The van der Waals surface area contributed by atoms with E-state index in [0.29, 0.717) is 23.5 Å². The van der Waals surface area contributed by atoms with Crippen LogP contribution in [0, 0.1) is 0 Å². The van der Waals surface area contributed by atoms with Gasteiger partial charge in [0, 0.05) is 25.4 Å². The number of nitrogens with zero attached hydrogens (tertiary/aromatic N) is 2. The highest BCUT2D eigenvalue weighted by Crippen LogP contribution is 2.38. The zero-order chi connectivity index (χ0) is 25.0. The molecule has 0 aromatic heterocycles. The van der Waals surface area contributed by atoms with Gasteiger partial charge in [-0.25, -0.2) is 13.2 Å². The van der Waals surface area contributed by atoms with Gasteiger partial charge in [-0.2, -0.15) is 0 Å². The lowest BCUT2D eigenvalue weighted by Gasteiger charge is -2.41. The number of sulfone groups is 1. The number of methoxy groups -OCH3 is 1. The molecule has 2 heterocycles. The third kappa shape index (κ3) is 5.98. The molecule has 2 aromatic carbocycles. The Hall–Kier alpha value is -2.58. The molecule has 35 heavy (non-hydrogen) atoms. The number of amides is 1. The van der Waals surface area contributed by atoms with E-state index in [0.717, 1.165) is 68.7 Å². The quantitative estimate of drug-likeness (QED) is 0.579. The van der Waals surface area contributed by atoms with Crippen molar-refractivity contribution in [1.29, 1.82) is 0 Å². The molecule has 4 rings (SSSR count). The van der Waals surface area contributed by atoms with Crippen molar-refractivity contribution < 1.29 is 22.7 Å². The molecule has 2 aromatic rings. The van der Waals surface area contributed by atoms with Crippen LogP contribution in [0.15, 0.2) is 47.4 Å². The van der Waals surface area contributed by atoms with Gasteiger partial charge in [0.05, 0.1) is 18.6 Å². The standard InChI is InChI=1S/C27H36N2O5S/c1-4-34-27(30)29-17-13-23(14-18-29)28-15-11-21(12-16-28)25-19-22(7-10-26(25)33-2)20-5-8-24(9-6-20)35(3,31)32/h5-10,19,21,23H,4,11-18H2,1-3H3. The summed E-state index contributed by atoms with van der Waals surface area (Å²) < 4.78 is 34.4. The average molecular weight is 501 g/mol. The Morgan fingerprint density at radius 1 is 0.943 bits per heavy atom. The van der Waals surface area contributed by atoms with Gasteiger partial charge >= 0.3 is 6.09 Å². The number of hydrogen-bond acceptors (Lipinski definition) is 6. The highest BCUT2D eigenvalue weighted by atomic mass is 32.2. The first-order valence-corrected chi connectivity index (χ1v) is 14.3. The van der Waals surface area contributed by atoms with Gasteiger partial charge in [-0.05, 0) is 92.6 Å². The average Bonchev–Trinajstić information content (AvgIpc) is 2.88. The molecule has 8 heteroatoms. The lowest BCUT2D eigenvalue weighted by Crippen LogP contribution is -2.48. The molecule has 2 saturated heterocycles. The molecule has 2 aliphatic rings. The Morgan fingerprint density at radius 3 is 2.14 bits per heavy atom. The minimum absolute atomic E-state index is 0.192. The first-order chi connectivity index (χ1) is 16.8. The van der Waals surface area contributed by atoms with Crippen molar-refractivity contribution in [3.63, 3.8) is 0 Å². The predicted molar refractivity (Wildman–Crippen MR) is 137 cm³/mol. The van der Waals surface area contributed by atoms with E-state index >= 15 is 0 Å². The van der Waals surface area contributed by atoms with E-state index in [1.165, 1.54) is 11.8 Å². The molecule has 0 N–H and O–H groups in total. The molecule has 0 bridgehead atoms. The summed E-state index contributed by atoms with van der Waals surface area (Å²) in [4.78, 5) is 16.7. The smallest absolute Gasteiger partial charge is 0.409 e. The molecular formula is C27H36N2O5S. The summed E-state index contributed by atoms with van der Waals surface area (Å²) in [6, 6.07) is 13.8. The molecule has 7 nitrogen and oxygen atoms in total. The Labute approximate surface area is 208 Å². The molecule has 0 atom stereocenters. The van der Waals surface area contributed by atoms with Crippen LogP contribution in [0.4, 0.5) is 4.79 Å². The van der Waals surface area contributed by atoms with E-state index in [-0.39, 0.29) is 6.09 Å². The SMILES string of the molecule is CCOC(=O)N1CCC(N2CCC(c3cc(-c4ccc(S(C)(=O)=O)cc4)ccc3OC)CC2)CC1. The van der Waals surface area contributed by atoms with E-state index < -0.39 is 9.84 Å². The monoisotopic (exact) mass is 500 g/mol. The van der Waals surface area contributed by atoms with Crippen LogP contribution in [-0.2, 0) is 14.6 Å². The Balaban J connectivity index is 1.41. The third-order valence-corrected chi connectivity index (χ3v) is 8.45. The molecule has 2 aliphatic heterocycles. The van der Waals surface area contributed by atoms with Crippen molar-refractivity contribution >= 4 is 15.9 Å². The summed E-state index contributed by atoms with van der Waals surface area (Å²) in [6.45, 7) is 5.85. The van der Waals surface area contributed by atoms with Gasteiger partial charge in [-0.3, -0.25) is 0 Å². The normalized spacial score (nSPS) is 18.4. The van der Waals surface area contributed by atoms with Gasteiger partial charge in [-0.1, -0.05) is 18.2 Å². The van der Waals surface area contributed by atoms with Crippen LogP contribution in [0.5, 0.6) is 5.75 Å². The van der Waals surface area contributed by atoms with Crippen LogP contribution in [-0.4, -0.2) is 76.5 Å². The van der Waals surface area contributed by atoms with Crippen molar-refractivity contribution in [3.05, 3.63) is 48.0 Å². The van der Waals surface area contributed by atoms with Gasteiger partial charge < -0.3 is 19.3 Å². The highest BCUT2D eigenvalue weighted by Gasteiger charge is 2.31. The van der Waals surface area contributed by atoms with Crippen molar-refractivity contribution in [2.75, 3.05) is 46.2 Å². The first-order valence-electron chi connectivity index (χ1n) is 12.4. The maximum Gasteiger partial charge on any atom is 0.409 e. The van der Waals surface area contributed by atoms with Gasteiger partial charge in [0.2, 0.25) is 0 Å². The summed E-state index contributed by atoms with van der Waals surface area (Å²) in [5.41, 5.74) is 3.27. The summed E-state index contributed by atoms with van der Waals surface area (Å²) in [5.74, 6) is 1.32. The highest BCUT2D eigenvalue weighted by molar-refractivity contribution is 7.90. The van der Waals surface area contributed by atoms with E-state index in [2.05, 4.69) is 11.0 Å². The fraction of sp³-hybridized carbons (Fsp3) is 0.519. The second kappa shape index (κ2) is 11.0. The molecule has 1 amide bonds. The van der Waals surface area contributed by atoms with Crippen molar-refractivity contribution in [3.8, 4) is 16.9 Å². The summed E-state index contributed by atoms with van der Waals surface area (Å²) in [5, 5.41) is 0. The number of piperidine rings is 2. The molecule has 190 valence electrons.